The lowest BCUT2D eigenvalue weighted by atomic mass is 9.85. The van der Waals surface area contributed by atoms with Crippen LogP contribution < -0.4 is 0 Å². The summed E-state index contributed by atoms with van der Waals surface area (Å²) in [7, 11) is 0. The number of ether oxygens (including phenoxy) is 1. The molecule has 1 unspecified atom stereocenters. The molecule has 1 aromatic heterocycles. The minimum atomic E-state index is -0.362. The third kappa shape index (κ3) is 3.62. The summed E-state index contributed by atoms with van der Waals surface area (Å²) in [5.41, 5.74) is 5.46. The number of aryl methyl sites for hydroxylation is 1. The van der Waals surface area contributed by atoms with Crippen molar-refractivity contribution < 1.29 is 14.3 Å². The maximum atomic E-state index is 13.5. The fourth-order valence-corrected chi connectivity index (χ4v) is 4.69. The van der Waals surface area contributed by atoms with E-state index in [1.54, 1.807) is 0 Å². The first-order valence-corrected chi connectivity index (χ1v) is 11.1. The van der Waals surface area contributed by atoms with Crippen molar-refractivity contribution in [1.82, 2.24) is 4.57 Å². The van der Waals surface area contributed by atoms with Crippen molar-refractivity contribution in [2.24, 2.45) is 0 Å². The summed E-state index contributed by atoms with van der Waals surface area (Å²) in [6, 6.07) is 25.2. The maximum Gasteiger partial charge on any atom is 0.313 e. The summed E-state index contributed by atoms with van der Waals surface area (Å²) < 4.78 is 7.52. The lowest BCUT2D eigenvalue weighted by Crippen LogP contribution is -2.23. The Labute approximate surface area is 187 Å². The van der Waals surface area contributed by atoms with Crippen molar-refractivity contribution in [3.63, 3.8) is 0 Å². The monoisotopic (exact) mass is 423 g/mol. The van der Waals surface area contributed by atoms with Gasteiger partial charge in [0, 0.05) is 16.6 Å². The van der Waals surface area contributed by atoms with Gasteiger partial charge in [-0.2, -0.15) is 0 Å². The molecule has 0 N–H and O–H groups in total. The molecule has 1 aliphatic rings. The molecule has 0 saturated carbocycles. The van der Waals surface area contributed by atoms with Crippen molar-refractivity contribution in [2.45, 2.75) is 38.7 Å². The van der Waals surface area contributed by atoms with Gasteiger partial charge in [-0.3, -0.25) is 14.2 Å². The Morgan fingerprint density at radius 2 is 1.66 bits per heavy atom. The van der Waals surface area contributed by atoms with Gasteiger partial charge in [-0.15, -0.1) is 0 Å². The van der Waals surface area contributed by atoms with E-state index in [4.69, 9.17) is 4.74 Å². The van der Waals surface area contributed by atoms with Gasteiger partial charge in [-0.25, -0.2) is 0 Å². The SMILES string of the molecule is Cc1ccc(C(=O)n2c3c(c4ccccc42)C(C(=O)OCc2ccccc2)CCC3)cc1. The predicted octanol–water partition coefficient (Wildman–Crippen LogP) is 5.80. The van der Waals surface area contributed by atoms with Crippen molar-refractivity contribution in [1.29, 1.82) is 0 Å². The van der Waals surface area contributed by atoms with Gasteiger partial charge < -0.3 is 4.74 Å². The largest absolute Gasteiger partial charge is 0.460 e. The minimum Gasteiger partial charge on any atom is -0.460 e. The first kappa shape index (κ1) is 20.3. The van der Waals surface area contributed by atoms with Crippen molar-refractivity contribution >= 4 is 22.8 Å². The molecule has 1 atom stereocenters. The molecule has 4 nitrogen and oxygen atoms in total. The van der Waals surface area contributed by atoms with Gasteiger partial charge in [-0.1, -0.05) is 66.2 Å². The second-order valence-corrected chi connectivity index (χ2v) is 8.42. The lowest BCUT2D eigenvalue weighted by molar-refractivity contribution is -0.147. The Hall–Kier alpha value is -3.66. The van der Waals surface area contributed by atoms with E-state index in [-0.39, 0.29) is 24.4 Å². The van der Waals surface area contributed by atoms with Gasteiger partial charge in [0.2, 0.25) is 0 Å². The molecule has 0 aliphatic heterocycles. The van der Waals surface area contributed by atoms with Crippen molar-refractivity contribution in [2.75, 3.05) is 0 Å². The molecule has 0 amide bonds. The van der Waals surface area contributed by atoms with Gasteiger partial charge in [0.25, 0.3) is 5.91 Å². The zero-order chi connectivity index (χ0) is 22.1. The quantitative estimate of drug-likeness (QED) is 0.390. The summed E-state index contributed by atoms with van der Waals surface area (Å²) in [5, 5.41) is 0.962. The summed E-state index contributed by atoms with van der Waals surface area (Å²) in [6.45, 7) is 2.26. The Balaban J connectivity index is 1.54. The highest BCUT2D eigenvalue weighted by Gasteiger charge is 2.34. The highest BCUT2D eigenvalue weighted by atomic mass is 16.5. The molecule has 160 valence electrons. The molecule has 4 aromatic rings. The molecule has 0 bridgehead atoms. The Kier molecular flexibility index (Phi) is 5.36. The van der Waals surface area contributed by atoms with Gasteiger partial charge in [0.15, 0.2) is 0 Å². The average Bonchev–Trinajstić information content (AvgIpc) is 3.18. The number of para-hydroxylation sites is 1. The number of carbonyl (C=O) groups excluding carboxylic acids is 2. The fourth-order valence-electron chi connectivity index (χ4n) is 4.69. The molecule has 1 aliphatic carbocycles. The number of fused-ring (bicyclic) bond motifs is 3. The van der Waals surface area contributed by atoms with E-state index in [0.29, 0.717) is 5.56 Å². The maximum absolute atomic E-state index is 13.5. The van der Waals surface area contributed by atoms with Crippen molar-refractivity contribution in [3.8, 4) is 0 Å². The van der Waals surface area contributed by atoms with E-state index in [0.717, 1.165) is 52.5 Å². The molecule has 4 heteroatoms. The average molecular weight is 424 g/mol. The predicted molar refractivity (Wildman–Crippen MR) is 125 cm³/mol. The van der Waals surface area contributed by atoms with Crippen LogP contribution >= 0.6 is 0 Å². The highest BCUT2D eigenvalue weighted by molar-refractivity contribution is 6.05. The van der Waals surface area contributed by atoms with E-state index in [1.807, 2.05) is 90.4 Å². The van der Waals surface area contributed by atoms with Gasteiger partial charge in [0.05, 0.1) is 11.4 Å². The van der Waals surface area contributed by atoms with E-state index in [1.165, 1.54) is 0 Å². The zero-order valence-corrected chi connectivity index (χ0v) is 18.1. The molecule has 32 heavy (non-hydrogen) atoms. The van der Waals surface area contributed by atoms with Crippen LogP contribution in [0.25, 0.3) is 10.9 Å². The van der Waals surface area contributed by atoms with Crippen LogP contribution in [-0.4, -0.2) is 16.4 Å². The second kappa shape index (κ2) is 8.46. The van der Waals surface area contributed by atoms with Crippen LogP contribution in [0.15, 0.2) is 78.9 Å². The van der Waals surface area contributed by atoms with E-state index < -0.39 is 0 Å². The van der Waals surface area contributed by atoms with Crippen LogP contribution in [-0.2, 0) is 22.6 Å². The molecular formula is C28H25NO3. The molecule has 0 radical (unpaired) electrons. The Bertz CT molecular complexity index is 1290. The molecule has 0 spiro atoms. The summed E-state index contributed by atoms with van der Waals surface area (Å²) in [5.74, 6) is -0.638. The standard InChI is InChI=1S/C28H25NO3/c1-19-14-16-21(17-15-19)27(30)29-24-12-6-5-10-22(24)26-23(11-7-13-25(26)29)28(31)32-18-20-8-3-2-4-9-20/h2-6,8-10,12,14-17,23H,7,11,13,18H2,1H3. The van der Waals surface area contributed by atoms with Crippen molar-refractivity contribution in [3.05, 3.63) is 107 Å². The number of hydrogen-bond donors (Lipinski definition) is 0. The first-order chi connectivity index (χ1) is 15.6. The Morgan fingerprint density at radius 1 is 0.938 bits per heavy atom. The van der Waals surface area contributed by atoms with Gasteiger partial charge >= 0.3 is 5.97 Å². The number of aromatic nitrogens is 1. The summed E-state index contributed by atoms with van der Waals surface area (Å²) in [6.07, 6.45) is 2.34. The van der Waals surface area contributed by atoms with E-state index in [9.17, 15) is 9.59 Å². The topological polar surface area (TPSA) is 48.3 Å². The first-order valence-electron chi connectivity index (χ1n) is 11.1. The van der Waals surface area contributed by atoms with Crippen LogP contribution in [0.2, 0.25) is 0 Å². The molecule has 1 heterocycles. The van der Waals surface area contributed by atoms with Crippen LogP contribution in [0, 0.1) is 6.92 Å². The summed E-state index contributed by atoms with van der Waals surface area (Å²) >= 11 is 0. The van der Waals surface area contributed by atoms with Crippen LogP contribution in [0.4, 0.5) is 0 Å². The van der Waals surface area contributed by atoms with E-state index in [2.05, 4.69) is 0 Å². The van der Waals surface area contributed by atoms with Crippen LogP contribution in [0.5, 0.6) is 0 Å². The normalized spacial score (nSPS) is 15.3. The van der Waals surface area contributed by atoms with Crippen LogP contribution in [0.1, 0.15) is 51.5 Å². The molecule has 5 rings (SSSR count). The number of hydrogen-bond acceptors (Lipinski definition) is 3. The summed E-state index contributed by atoms with van der Waals surface area (Å²) in [4.78, 5) is 26.7. The smallest absolute Gasteiger partial charge is 0.313 e. The molecule has 3 aromatic carbocycles. The van der Waals surface area contributed by atoms with E-state index >= 15 is 0 Å². The number of carbonyl (C=O) groups is 2. The minimum absolute atomic E-state index is 0.0549. The molecular weight excluding hydrogens is 398 g/mol. The molecule has 0 fully saturated rings. The van der Waals surface area contributed by atoms with Crippen LogP contribution in [0.3, 0.4) is 0 Å². The highest BCUT2D eigenvalue weighted by Crippen LogP contribution is 2.40. The Morgan fingerprint density at radius 3 is 2.44 bits per heavy atom. The third-order valence-corrected chi connectivity index (χ3v) is 6.28. The van der Waals surface area contributed by atoms with Gasteiger partial charge in [0.1, 0.15) is 6.61 Å². The zero-order valence-electron chi connectivity index (χ0n) is 18.1. The second-order valence-electron chi connectivity index (χ2n) is 8.42. The third-order valence-electron chi connectivity index (χ3n) is 6.28. The number of esters is 1. The fraction of sp³-hybridized carbons (Fsp3) is 0.214. The van der Waals surface area contributed by atoms with Gasteiger partial charge in [-0.05, 0) is 55.5 Å². The number of nitrogens with zero attached hydrogens (tertiary/aromatic N) is 1. The number of rotatable bonds is 4. The lowest BCUT2D eigenvalue weighted by Gasteiger charge is -2.23. The molecule has 0 saturated heterocycles. The number of benzene rings is 3.